The second-order valence-electron chi connectivity index (χ2n) is 3.64. The van der Waals surface area contributed by atoms with E-state index < -0.39 is 0 Å². The zero-order chi connectivity index (χ0) is 10.2. The number of hydrogen-bond donors (Lipinski definition) is 1. The van der Waals surface area contributed by atoms with Crippen molar-refractivity contribution in [2.45, 2.75) is 38.5 Å². The fourth-order valence-electron chi connectivity index (χ4n) is 1.58. The molecular weight excluding hydrogens is 180 g/mol. The van der Waals surface area contributed by atoms with Crippen molar-refractivity contribution in [3.05, 3.63) is 0 Å². The van der Waals surface area contributed by atoms with E-state index >= 15 is 0 Å². The average molecular weight is 198 g/mol. The Hall–Kier alpha value is -0.900. The lowest BCUT2D eigenvalue weighted by atomic mass is 10.2. The SMILES string of the molecule is O=CCCCC(=O)NN1CCCCC1. The Morgan fingerprint density at radius 3 is 2.64 bits per heavy atom. The molecule has 0 aromatic heterocycles. The third kappa shape index (κ3) is 4.37. The molecule has 1 aliphatic heterocycles. The van der Waals surface area contributed by atoms with Crippen molar-refractivity contribution in [2.75, 3.05) is 13.1 Å². The van der Waals surface area contributed by atoms with Crippen molar-refractivity contribution < 1.29 is 9.59 Å². The van der Waals surface area contributed by atoms with Gasteiger partial charge in [-0.1, -0.05) is 6.42 Å². The van der Waals surface area contributed by atoms with E-state index in [1.807, 2.05) is 5.01 Å². The Morgan fingerprint density at radius 1 is 1.29 bits per heavy atom. The molecule has 1 amide bonds. The molecule has 4 heteroatoms. The highest BCUT2D eigenvalue weighted by Gasteiger charge is 2.11. The maximum absolute atomic E-state index is 11.3. The van der Waals surface area contributed by atoms with Crippen LogP contribution in [-0.2, 0) is 9.59 Å². The number of hydrogen-bond acceptors (Lipinski definition) is 3. The van der Waals surface area contributed by atoms with Crippen LogP contribution >= 0.6 is 0 Å². The zero-order valence-corrected chi connectivity index (χ0v) is 8.50. The van der Waals surface area contributed by atoms with Crippen LogP contribution in [0.2, 0.25) is 0 Å². The van der Waals surface area contributed by atoms with Crippen molar-refractivity contribution in [2.24, 2.45) is 0 Å². The molecule has 0 saturated carbocycles. The van der Waals surface area contributed by atoms with Crippen LogP contribution in [-0.4, -0.2) is 30.3 Å². The van der Waals surface area contributed by atoms with E-state index in [-0.39, 0.29) is 5.91 Å². The minimum absolute atomic E-state index is 0.0359. The largest absolute Gasteiger partial charge is 0.303 e. The molecule has 1 heterocycles. The van der Waals surface area contributed by atoms with Crippen molar-refractivity contribution in [1.82, 2.24) is 10.4 Å². The Balaban J connectivity index is 2.09. The van der Waals surface area contributed by atoms with E-state index in [1.54, 1.807) is 0 Å². The van der Waals surface area contributed by atoms with Crippen molar-refractivity contribution in [3.8, 4) is 0 Å². The van der Waals surface area contributed by atoms with Gasteiger partial charge in [0.15, 0.2) is 0 Å². The summed E-state index contributed by atoms with van der Waals surface area (Å²) >= 11 is 0. The molecule has 1 rings (SSSR count). The number of piperidine rings is 1. The van der Waals surface area contributed by atoms with E-state index in [0.717, 1.165) is 32.2 Å². The van der Waals surface area contributed by atoms with E-state index in [0.29, 0.717) is 19.3 Å². The third-order valence-corrected chi connectivity index (χ3v) is 2.36. The van der Waals surface area contributed by atoms with Crippen LogP contribution in [0.15, 0.2) is 0 Å². The van der Waals surface area contributed by atoms with E-state index in [9.17, 15) is 9.59 Å². The molecule has 80 valence electrons. The Morgan fingerprint density at radius 2 is 2.00 bits per heavy atom. The molecule has 0 aromatic carbocycles. The normalized spacial score (nSPS) is 17.7. The molecule has 1 fully saturated rings. The molecule has 0 atom stereocenters. The summed E-state index contributed by atoms with van der Waals surface area (Å²) in [7, 11) is 0. The van der Waals surface area contributed by atoms with Gasteiger partial charge < -0.3 is 4.79 Å². The maximum atomic E-state index is 11.3. The van der Waals surface area contributed by atoms with Crippen LogP contribution in [0, 0.1) is 0 Å². The molecule has 4 nitrogen and oxygen atoms in total. The second-order valence-corrected chi connectivity index (χ2v) is 3.64. The molecule has 0 spiro atoms. The molecule has 1 N–H and O–H groups in total. The van der Waals surface area contributed by atoms with Gasteiger partial charge in [0.05, 0.1) is 0 Å². The molecule has 0 unspecified atom stereocenters. The van der Waals surface area contributed by atoms with Crippen molar-refractivity contribution in [1.29, 1.82) is 0 Å². The van der Waals surface area contributed by atoms with E-state index in [1.165, 1.54) is 6.42 Å². The average Bonchev–Trinajstić information content (AvgIpc) is 2.20. The topological polar surface area (TPSA) is 49.4 Å². The minimum atomic E-state index is 0.0359. The second kappa shape index (κ2) is 6.54. The first-order chi connectivity index (χ1) is 6.83. The van der Waals surface area contributed by atoms with Gasteiger partial charge in [0.2, 0.25) is 5.91 Å². The number of carbonyl (C=O) groups excluding carboxylic acids is 2. The first-order valence-electron chi connectivity index (χ1n) is 5.31. The molecule has 0 bridgehead atoms. The van der Waals surface area contributed by atoms with Gasteiger partial charge in [-0.3, -0.25) is 10.2 Å². The number of aldehydes is 1. The predicted octanol–water partition coefficient (Wildman–Crippen LogP) is 0.873. The summed E-state index contributed by atoms with van der Waals surface area (Å²) in [5, 5.41) is 1.98. The van der Waals surface area contributed by atoms with Crippen LogP contribution in [0.5, 0.6) is 0 Å². The smallest absolute Gasteiger partial charge is 0.234 e. The van der Waals surface area contributed by atoms with Gasteiger partial charge in [0.25, 0.3) is 0 Å². The molecule has 0 aromatic rings. The summed E-state index contributed by atoms with van der Waals surface area (Å²) in [5.74, 6) is 0.0359. The first-order valence-corrected chi connectivity index (χ1v) is 5.31. The van der Waals surface area contributed by atoms with Gasteiger partial charge in [-0.15, -0.1) is 0 Å². The summed E-state index contributed by atoms with van der Waals surface area (Å²) in [5.41, 5.74) is 2.86. The van der Waals surface area contributed by atoms with Gasteiger partial charge in [0, 0.05) is 25.9 Å². The van der Waals surface area contributed by atoms with Crippen molar-refractivity contribution >= 4 is 12.2 Å². The Labute approximate surface area is 84.6 Å². The van der Waals surface area contributed by atoms with Crippen LogP contribution in [0.3, 0.4) is 0 Å². The van der Waals surface area contributed by atoms with Gasteiger partial charge in [-0.05, 0) is 19.3 Å². The summed E-state index contributed by atoms with van der Waals surface area (Å²) in [6, 6.07) is 0. The standard InChI is InChI=1S/C10H18N2O2/c13-9-5-2-6-10(14)11-12-7-3-1-4-8-12/h9H,1-8H2,(H,11,14). The van der Waals surface area contributed by atoms with Gasteiger partial charge in [0.1, 0.15) is 6.29 Å². The number of amides is 1. The van der Waals surface area contributed by atoms with Crippen LogP contribution < -0.4 is 5.43 Å². The summed E-state index contributed by atoms with van der Waals surface area (Å²) in [4.78, 5) is 21.4. The molecule has 0 aliphatic carbocycles. The fourth-order valence-corrected chi connectivity index (χ4v) is 1.58. The lowest BCUT2D eigenvalue weighted by Gasteiger charge is -2.26. The highest BCUT2D eigenvalue weighted by molar-refractivity contribution is 5.75. The Kier molecular flexibility index (Phi) is 5.22. The number of rotatable bonds is 5. The maximum Gasteiger partial charge on any atom is 0.234 e. The highest BCUT2D eigenvalue weighted by Crippen LogP contribution is 2.06. The summed E-state index contributed by atoms with van der Waals surface area (Å²) in [6.07, 6.45) is 6.03. The highest BCUT2D eigenvalue weighted by atomic mass is 16.2. The van der Waals surface area contributed by atoms with Crippen LogP contribution in [0.1, 0.15) is 38.5 Å². The molecule has 1 aliphatic rings. The molecular formula is C10H18N2O2. The van der Waals surface area contributed by atoms with Gasteiger partial charge in [-0.2, -0.15) is 0 Å². The number of nitrogens with zero attached hydrogens (tertiary/aromatic N) is 1. The van der Waals surface area contributed by atoms with Gasteiger partial charge in [-0.25, -0.2) is 5.01 Å². The number of unbranched alkanes of at least 4 members (excludes halogenated alkanes) is 1. The summed E-state index contributed by atoms with van der Waals surface area (Å²) in [6.45, 7) is 1.92. The molecule has 14 heavy (non-hydrogen) atoms. The number of hydrazine groups is 1. The lowest BCUT2D eigenvalue weighted by molar-refractivity contribution is -0.126. The fraction of sp³-hybridized carbons (Fsp3) is 0.800. The van der Waals surface area contributed by atoms with E-state index in [4.69, 9.17) is 0 Å². The van der Waals surface area contributed by atoms with Crippen LogP contribution in [0.4, 0.5) is 0 Å². The minimum Gasteiger partial charge on any atom is -0.303 e. The van der Waals surface area contributed by atoms with Crippen molar-refractivity contribution in [3.63, 3.8) is 0 Å². The number of nitrogens with one attached hydrogen (secondary N) is 1. The third-order valence-electron chi connectivity index (χ3n) is 2.36. The zero-order valence-electron chi connectivity index (χ0n) is 8.50. The quantitative estimate of drug-likeness (QED) is 0.527. The number of carbonyl (C=O) groups is 2. The van der Waals surface area contributed by atoms with Gasteiger partial charge >= 0.3 is 0 Å². The molecule has 1 saturated heterocycles. The lowest BCUT2D eigenvalue weighted by Crippen LogP contribution is -2.44. The monoisotopic (exact) mass is 198 g/mol. The first kappa shape index (κ1) is 11.2. The molecule has 0 radical (unpaired) electrons. The Bertz CT molecular complexity index is 189. The van der Waals surface area contributed by atoms with E-state index in [2.05, 4.69) is 5.43 Å². The predicted molar refractivity (Wildman–Crippen MR) is 53.5 cm³/mol. The summed E-state index contributed by atoms with van der Waals surface area (Å²) < 4.78 is 0. The van der Waals surface area contributed by atoms with Crippen LogP contribution in [0.25, 0.3) is 0 Å².